The number of fused-ring (bicyclic) bond motifs is 2. The predicted molar refractivity (Wildman–Crippen MR) is 104 cm³/mol. The minimum Gasteiger partial charge on any atom is -0.481 e. The molecular weight excluding hydrogens is 430 g/mol. The number of amides is 1. The number of hydrogen-bond acceptors (Lipinski definition) is 5. The van der Waals surface area contributed by atoms with Gasteiger partial charge in [0.15, 0.2) is 6.10 Å². The first-order chi connectivity index (χ1) is 13.3. The van der Waals surface area contributed by atoms with E-state index in [1.54, 1.807) is 24.3 Å². The van der Waals surface area contributed by atoms with Crippen molar-refractivity contribution in [1.29, 1.82) is 0 Å². The van der Waals surface area contributed by atoms with E-state index in [0.29, 0.717) is 21.1 Å². The summed E-state index contributed by atoms with van der Waals surface area (Å²) in [7, 11) is 0. The number of aliphatic carboxylic acids is 1. The maximum absolute atomic E-state index is 13.8. The van der Waals surface area contributed by atoms with Crippen molar-refractivity contribution in [3.8, 4) is 5.75 Å². The second-order valence-electron chi connectivity index (χ2n) is 6.04. The normalized spacial score (nSPS) is 16.2. The fourth-order valence-electron chi connectivity index (χ4n) is 2.96. The number of carboxylic acids is 1. The third-order valence-electron chi connectivity index (χ3n) is 4.18. The first kappa shape index (κ1) is 18.9. The SMILES string of the molecule is O=C(O)CC1Oc2ccccc2N(Cc2nc3c(Cl)c(F)cc(Cl)c3s2)C1=O. The van der Waals surface area contributed by atoms with E-state index in [1.807, 2.05) is 0 Å². The van der Waals surface area contributed by atoms with Crippen molar-refractivity contribution < 1.29 is 23.8 Å². The third kappa shape index (κ3) is 3.28. The maximum atomic E-state index is 13.8. The molecule has 0 saturated heterocycles. The molecular formula is C18H11Cl2FN2O4S. The molecule has 3 aromatic rings. The minimum atomic E-state index is -1.15. The molecule has 10 heteroatoms. The Morgan fingerprint density at radius 1 is 1.36 bits per heavy atom. The van der Waals surface area contributed by atoms with Crippen LogP contribution in [-0.2, 0) is 16.1 Å². The van der Waals surface area contributed by atoms with Crippen molar-refractivity contribution in [3.05, 3.63) is 51.2 Å². The van der Waals surface area contributed by atoms with Crippen LogP contribution in [0.5, 0.6) is 5.75 Å². The Labute approximate surface area is 172 Å². The van der Waals surface area contributed by atoms with Gasteiger partial charge in [-0.2, -0.15) is 0 Å². The highest BCUT2D eigenvalue weighted by molar-refractivity contribution is 7.19. The summed E-state index contributed by atoms with van der Waals surface area (Å²) in [5, 5.41) is 9.58. The Hall–Kier alpha value is -2.42. The lowest BCUT2D eigenvalue weighted by molar-refractivity contribution is -0.142. The molecule has 0 spiro atoms. The van der Waals surface area contributed by atoms with E-state index in [2.05, 4.69) is 4.98 Å². The molecule has 1 aliphatic rings. The number of carboxylic acid groups (broad SMARTS) is 1. The molecule has 1 aliphatic heterocycles. The van der Waals surface area contributed by atoms with Crippen LogP contribution in [0.15, 0.2) is 30.3 Å². The molecule has 1 aromatic heterocycles. The van der Waals surface area contributed by atoms with Crippen molar-refractivity contribution in [3.63, 3.8) is 0 Å². The number of hydrogen-bond donors (Lipinski definition) is 1. The fourth-order valence-corrected chi connectivity index (χ4v) is 4.47. The van der Waals surface area contributed by atoms with Gasteiger partial charge in [-0.1, -0.05) is 35.3 Å². The molecule has 1 atom stereocenters. The van der Waals surface area contributed by atoms with Gasteiger partial charge in [-0.15, -0.1) is 11.3 Å². The van der Waals surface area contributed by atoms with Crippen LogP contribution >= 0.6 is 34.5 Å². The van der Waals surface area contributed by atoms with E-state index in [-0.39, 0.29) is 22.1 Å². The molecule has 28 heavy (non-hydrogen) atoms. The number of ether oxygens (including phenoxy) is 1. The van der Waals surface area contributed by atoms with Gasteiger partial charge in [-0.05, 0) is 18.2 Å². The molecule has 6 nitrogen and oxygen atoms in total. The lowest BCUT2D eigenvalue weighted by Crippen LogP contribution is -2.46. The number of carbonyl (C=O) groups is 2. The Morgan fingerprint density at radius 3 is 2.86 bits per heavy atom. The van der Waals surface area contributed by atoms with Crippen LogP contribution in [0.25, 0.3) is 10.2 Å². The van der Waals surface area contributed by atoms with Gasteiger partial charge in [-0.3, -0.25) is 14.5 Å². The minimum absolute atomic E-state index is 0.0446. The summed E-state index contributed by atoms with van der Waals surface area (Å²) in [4.78, 5) is 29.7. The van der Waals surface area contributed by atoms with E-state index in [9.17, 15) is 14.0 Å². The van der Waals surface area contributed by atoms with Crippen molar-refractivity contribution in [2.45, 2.75) is 19.1 Å². The van der Waals surface area contributed by atoms with Gasteiger partial charge >= 0.3 is 5.97 Å². The molecule has 0 radical (unpaired) electrons. The molecule has 1 unspecified atom stereocenters. The topological polar surface area (TPSA) is 79.7 Å². The first-order valence-corrected chi connectivity index (χ1v) is 9.64. The average molecular weight is 441 g/mol. The Kier molecular flexibility index (Phi) is 4.86. The number of carbonyl (C=O) groups excluding carboxylic acids is 1. The van der Waals surface area contributed by atoms with Gasteiger partial charge in [0.2, 0.25) is 0 Å². The molecule has 1 amide bonds. The number of thiazole rings is 1. The number of rotatable bonds is 4. The van der Waals surface area contributed by atoms with Crippen LogP contribution in [0, 0.1) is 5.82 Å². The number of nitrogens with zero attached hydrogens (tertiary/aromatic N) is 2. The number of halogens is 3. The lowest BCUT2D eigenvalue weighted by atomic mass is 10.1. The Balaban J connectivity index is 1.74. The average Bonchev–Trinajstić information content (AvgIpc) is 3.07. The van der Waals surface area contributed by atoms with E-state index >= 15 is 0 Å². The molecule has 4 rings (SSSR count). The quantitative estimate of drug-likeness (QED) is 0.603. The standard InChI is InChI=1S/C18H11Cl2FN2O4S/c19-8-5-9(21)15(20)16-17(8)28-13(22-16)7-23-10-3-1-2-4-11(10)27-12(18(23)26)6-14(24)25/h1-5,12H,6-7H2,(H,24,25). The van der Waals surface area contributed by atoms with Gasteiger partial charge in [-0.25, -0.2) is 9.37 Å². The number of benzene rings is 2. The second kappa shape index (κ2) is 7.20. The van der Waals surface area contributed by atoms with E-state index in [1.165, 1.54) is 16.2 Å². The summed E-state index contributed by atoms with van der Waals surface area (Å²) < 4.78 is 19.9. The molecule has 1 N–H and O–H groups in total. The molecule has 0 aliphatic carbocycles. The highest BCUT2D eigenvalue weighted by atomic mass is 35.5. The summed E-state index contributed by atoms with van der Waals surface area (Å²) in [6.07, 6.45) is -1.61. The van der Waals surface area contributed by atoms with Crippen LogP contribution in [0.3, 0.4) is 0 Å². The molecule has 0 saturated carbocycles. The van der Waals surface area contributed by atoms with Crippen LogP contribution in [0.1, 0.15) is 11.4 Å². The maximum Gasteiger partial charge on any atom is 0.307 e. The summed E-state index contributed by atoms with van der Waals surface area (Å²) >= 11 is 13.3. The highest BCUT2D eigenvalue weighted by Crippen LogP contribution is 2.39. The molecule has 0 fully saturated rings. The van der Waals surface area contributed by atoms with Gasteiger partial charge in [0.25, 0.3) is 5.91 Å². The second-order valence-corrected chi connectivity index (χ2v) is 7.90. The smallest absolute Gasteiger partial charge is 0.307 e. The summed E-state index contributed by atoms with van der Waals surface area (Å²) in [6.45, 7) is 0.0446. The number of aromatic nitrogens is 1. The van der Waals surface area contributed by atoms with Gasteiger partial charge in [0.05, 0.1) is 28.4 Å². The zero-order valence-corrected chi connectivity index (χ0v) is 16.3. The zero-order valence-electron chi connectivity index (χ0n) is 14.0. The largest absolute Gasteiger partial charge is 0.481 e. The van der Waals surface area contributed by atoms with Crippen LogP contribution < -0.4 is 9.64 Å². The monoisotopic (exact) mass is 440 g/mol. The zero-order chi connectivity index (χ0) is 20.0. The van der Waals surface area contributed by atoms with Crippen molar-refractivity contribution >= 4 is 62.3 Å². The number of para-hydroxylation sites is 2. The molecule has 144 valence electrons. The van der Waals surface area contributed by atoms with E-state index < -0.39 is 30.2 Å². The highest BCUT2D eigenvalue weighted by Gasteiger charge is 2.36. The van der Waals surface area contributed by atoms with Gasteiger partial charge in [0, 0.05) is 0 Å². The van der Waals surface area contributed by atoms with Gasteiger partial charge < -0.3 is 9.84 Å². The summed E-state index contributed by atoms with van der Waals surface area (Å²) in [5.74, 6) is -1.92. The van der Waals surface area contributed by atoms with Crippen molar-refractivity contribution in [2.24, 2.45) is 0 Å². The third-order valence-corrected chi connectivity index (χ3v) is 6.02. The lowest BCUT2D eigenvalue weighted by Gasteiger charge is -2.33. The summed E-state index contributed by atoms with van der Waals surface area (Å²) in [6, 6.07) is 7.93. The first-order valence-electron chi connectivity index (χ1n) is 8.07. The van der Waals surface area contributed by atoms with Gasteiger partial charge in [0.1, 0.15) is 27.1 Å². The van der Waals surface area contributed by atoms with Crippen molar-refractivity contribution in [1.82, 2.24) is 4.98 Å². The number of anilines is 1. The van der Waals surface area contributed by atoms with Crippen LogP contribution in [0.2, 0.25) is 10.0 Å². The van der Waals surface area contributed by atoms with Crippen LogP contribution in [-0.4, -0.2) is 28.1 Å². The predicted octanol–water partition coefficient (Wildman–Crippen LogP) is 4.51. The van der Waals surface area contributed by atoms with Crippen LogP contribution in [0.4, 0.5) is 10.1 Å². The Bertz CT molecular complexity index is 1120. The van der Waals surface area contributed by atoms with E-state index in [4.69, 9.17) is 33.0 Å². The Morgan fingerprint density at radius 2 is 2.11 bits per heavy atom. The van der Waals surface area contributed by atoms with Crippen molar-refractivity contribution in [2.75, 3.05) is 4.90 Å². The molecule has 2 aromatic carbocycles. The fraction of sp³-hybridized carbons (Fsp3) is 0.167. The molecule has 0 bridgehead atoms. The summed E-state index contributed by atoms with van der Waals surface area (Å²) in [5.41, 5.74) is 0.722. The molecule has 2 heterocycles. The van der Waals surface area contributed by atoms with E-state index in [0.717, 1.165) is 6.07 Å².